The fraction of sp³-hybridized carbons (Fsp3) is 0.481. The Labute approximate surface area is 191 Å². The van der Waals surface area contributed by atoms with Gasteiger partial charge in [0, 0.05) is 34.7 Å². The third kappa shape index (κ3) is 4.12. The molecule has 2 aliphatic heterocycles. The molecule has 0 bridgehead atoms. The molecule has 0 saturated carbocycles. The van der Waals surface area contributed by atoms with E-state index in [9.17, 15) is 0 Å². The highest BCUT2D eigenvalue weighted by Gasteiger charge is 2.24. The summed E-state index contributed by atoms with van der Waals surface area (Å²) in [5.41, 5.74) is 6.24. The van der Waals surface area contributed by atoms with E-state index in [1.165, 1.54) is 73.9 Å². The van der Waals surface area contributed by atoms with E-state index in [0.29, 0.717) is 12.0 Å². The van der Waals surface area contributed by atoms with Crippen LogP contribution in [0.1, 0.15) is 42.7 Å². The second-order valence-corrected chi connectivity index (χ2v) is 9.37. The average Bonchev–Trinajstić information content (AvgIpc) is 3.46. The van der Waals surface area contributed by atoms with Crippen molar-refractivity contribution in [2.45, 2.75) is 44.6 Å². The molecule has 0 aliphatic carbocycles. The Morgan fingerprint density at radius 1 is 0.969 bits per heavy atom. The van der Waals surface area contributed by atoms with Crippen molar-refractivity contribution < 1.29 is 9.47 Å². The summed E-state index contributed by atoms with van der Waals surface area (Å²) < 4.78 is 10.9. The maximum atomic E-state index is 5.51. The summed E-state index contributed by atoms with van der Waals surface area (Å²) in [6.07, 6.45) is 5.18. The van der Waals surface area contributed by atoms with Gasteiger partial charge in [0.25, 0.3) is 0 Å². The number of hydrogen-bond donors (Lipinski definition) is 2. The smallest absolute Gasteiger partial charge is 0.161 e. The number of methoxy groups -OCH3 is 2. The Kier molecular flexibility index (Phi) is 6.11. The molecule has 0 spiro atoms. The maximum absolute atomic E-state index is 5.51. The van der Waals surface area contributed by atoms with Crippen molar-refractivity contribution in [2.24, 2.45) is 0 Å². The van der Waals surface area contributed by atoms with Gasteiger partial charge in [-0.05, 0) is 99.6 Å². The first-order chi connectivity index (χ1) is 15.7. The van der Waals surface area contributed by atoms with Gasteiger partial charge in [0.05, 0.1) is 14.2 Å². The lowest BCUT2D eigenvalue weighted by atomic mass is 9.88. The number of nitrogens with one attached hydrogen (secondary N) is 2. The number of benzene rings is 2. The zero-order valence-corrected chi connectivity index (χ0v) is 19.5. The summed E-state index contributed by atoms with van der Waals surface area (Å²) in [7, 11) is 3.35. The summed E-state index contributed by atoms with van der Waals surface area (Å²) in [4.78, 5) is 6.30. The topological polar surface area (TPSA) is 49.5 Å². The quantitative estimate of drug-likeness (QED) is 0.568. The highest BCUT2D eigenvalue weighted by molar-refractivity contribution is 5.91. The molecule has 1 atom stereocenters. The number of aromatic nitrogens is 1. The van der Waals surface area contributed by atoms with Crippen LogP contribution < -0.4 is 14.8 Å². The summed E-state index contributed by atoms with van der Waals surface area (Å²) in [5.74, 6) is 2.16. The zero-order valence-electron chi connectivity index (χ0n) is 19.5. The van der Waals surface area contributed by atoms with Crippen LogP contribution in [0.5, 0.6) is 11.5 Å². The summed E-state index contributed by atoms with van der Waals surface area (Å²) in [5, 5.41) is 4.97. The average molecular weight is 434 g/mol. The van der Waals surface area contributed by atoms with Crippen molar-refractivity contribution in [3.63, 3.8) is 0 Å². The molecule has 3 aromatic rings. The molecule has 170 valence electrons. The van der Waals surface area contributed by atoms with Crippen LogP contribution in [0.2, 0.25) is 0 Å². The molecule has 2 saturated heterocycles. The summed E-state index contributed by atoms with van der Waals surface area (Å²) in [6.45, 7) is 7.06. The van der Waals surface area contributed by atoms with E-state index in [0.717, 1.165) is 22.8 Å². The Bertz CT molecular complexity index is 1080. The number of aryl methyl sites for hydroxylation is 1. The molecular weight excluding hydrogens is 398 g/mol. The van der Waals surface area contributed by atoms with Crippen LogP contribution in [0.3, 0.4) is 0 Å². The first-order valence-corrected chi connectivity index (χ1v) is 12.0. The van der Waals surface area contributed by atoms with Gasteiger partial charge in [0.1, 0.15) is 0 Å². The molecule has 0 radical (unpaired) electrons. The molecule has 2 aliphatic rings. The lowest BCUT2D eigenvalue weighted by Crippen LogP contribution is -2.41. The van der Waals surface area contributed by atoms with Gasteiger partial charge in [0.15, 0.2) is 11.5 Å². The Balaban J connectivity index is 1.34. The fourth-order valence-electron chi connectivity index (χ4n) is 5.55. The molecule has 3 heterocycles. The van der Waals surface area contributed by atoms with Crippen LogP contribution in [0.25, 0.3) is 22.2 Å². The molecule has 0 unspecified atom stereocenters. The molecule has 2 N–H and O–H groups in total. The second-order valence-electron chi connectivity index (χ2n) is 9.37. The van der Waals surface area contributed by atoms with Gasteiger partial charge in [-0.3, -0.25) is 0 Å². The van der Waals surface area contributed by atoms with Crippen LogP contribution in [-0.2, 0) is 0 Å². The van der Waals surface area contributed by atoms with Crippen LogP contribution in [0.4, 0.5) is 0 Å². The molecule has 2 fully saturated rings. The lowest BCUT2D eigenvalue weighted by Gasteiger charge is -2.33. The number of nitrogens with zero attached hydrogens (tertiary/aromatic N) is 1. The van der Waals surface area contributed by atoms with E-state index in [2.05, 4.69) is 46.4 Å². The highest BCUT2D eigenvalue weighted by Crippen LogP contribution is 2.37. The van der Waals surface area contributed by atoms with Crippen molar-refractivity contribution in [1.82, 2.24) is 15.2 Å². The minimum atomic E-state index is 0.658. The number of rotatable bonds is 6. The predicted octanol–water partition coefficient (Wildman–Crippen LogP) is 5.09. The van der Waals surface area contributed by atoms with E-state index in [1.54, 1.807) is 14.2 Å². The zero-order chi connectivity index (χ0) is 22.1. The van der Waals surface area contributed by atoms with E-state index in [1.807, 2.05) is 12.1 Å². The third-order valence-corrected chi connectivity index (χ3v) is 7.45. The highest BCUT2D eigenvalue weighted by atomic mass is 16.5. The van der Waals surface area contributed by atoms with Crippen LogP contribution >= 0.6 is 0 Å². The van der Waals surface area contributed by atoms with Crippen molar-refractivity contribution in [3.05, 3.63) is 47.5 Å². The number of piperidine rings is 1. The van der Waals surface area contributed by atoms with E-state index in [4.69, 9.17) is 9.47 Å². The number of H-pyrrole nitrogens is 1. The molecular formula is C27H35N3O2. The van der Waals surface area contributed by atoms with E-state index < -0.39 is 0 Å². The first kappa shape index (κ1) is 21.4. The maximum Gasteiger partial charge on any atom is 0.161 e. The number of likely N-dealkylation sites (tertiary alicyclic amines) is 1. The van der Waals surface area contributed by atoms with Gasteiger partial charge in [-0.1, -0.05) is 6.07 Å². The largest absolute Gasteiger partial charge is 0.493 e. The summed E-state index contributed by atoms with van der Waals surface area (Å²) in [6, 6.07) is 13.8. The van der Waals surface area contributed by atoms with Crippen LogP contribution in [0, 0.1) is 6.92 Å². The van der Waals surface area contributed by atoms with Gasteiger partial charge in [-0.25, -0.2) is 0 Å². The lowest BCUT2D eigenvalue weighted by molar-refractivity contribution is 0.196. The van der Waals surface area contributed by atoms with Crippen molar-refractivity contribution >= 4 is 10.9 Å². The monoisotopic (exact) mass is 433 g/mol. The van der Waals surface area contributed by atoms with Crippen molar-refractivity contribution in [3.8, 4) is 22.8 Å². The Hall–Kier alpha value is -2.50. The second kappa shape index (κ2) is 9.16. The van der Waals surface area contributed by atoms with Gasteiger partial charge < -0.3 is 24.7 Å². The Morgan fingerprint density at radius 2 is 1.78 bits per heavy atom. The van der Waals surface area contributed by atoms with Gasteiger partial charge in [-0.15, -0.1) is 0 Å². The Morgan fingerprint density at radius 3 is 2.50 bits per heavy atom. The number of fused-ring (bicyclic) bond motifs is 1. The van der Waals surface area contributed by atoms with Crippen molar-refractivity contribution in [2.75, 3.05) is 40.4 Å². The molecule has 0 amide bonds. The third-order valence-electron chi connectivity index (χ3n) is 7.45. The minimum Gasteiger partial charge on any atom is -0.493 e. The molecule has 5 heteroatoms. The molecule has 32 heavy (non-hydrogen) atoms. The number of ether oxygens (including phenoxy) is 2. The fourth-order valence-corrected chi connectivity index (χ4v) is 5.55. The predicted molar refractivity (Wildman–Crippen MR) is 131 cm³/mol. The van der Waals surface area contributed by atoms with Gasteiger partial charge in [0.2, 0.25) is 0 Å². The SMILES string of the molecule is COc1ccc(-c2[nH]c3ccc(C4CCN(C[C@@H]5CCCN5)CC4)cc3c2C)cc1OC. The number of aromatic amines is 1. The summed E-state index contributed by atoms with van der Waals surface area (Å²) >= 11 is 0. The van der Waals surface area contributed by atoms with Crippen LogP contribution in [0.15, 0.2) is 36.4 Å². The molecule has 2 aromatic carbocycles. The first-order valence-electron chi connectivity index (χ1n) is 12.0. The normalized spacial score (nSPS) is 20.2. The van der Waals surface area contributed by atoms with Gasteiger partial charge >= 0.3 is 0 Å². The molecule has 5 nitrogen and oxygen atoms in total. The minimum absolute atomic E-state index is 0.658. The van der Waals surface area contributed by atoms with E-state index >= 15 is 0 Å². The van der Waals surface area contributed by atoms with Crippen molar-refractivity contribution in [1.29, 1.82) is 0 Å². The standard InChI is InChI=1S/C27H35N3O2/c1-18-23-15-20(19-10-13-30(14-11-19)17-22-5-4-12-28-22)6-8-24(23)29-27(18)21-7-9-25(31-2)26(16-21)32-3/h6-9,15-16,19,22,28-29H,4-5,10-14,17H2,1-3H3/t22-/m0/s1. The van der Waals surface area contributed by atoms with Crippen LogP contribution in [-0.4, -0.2) is 56.3 Å². The molecule has 1 aromatic heterocycles. The molecule has 5 rings (SSSR count). The number of hydrogen-bond acceptors (Lipinski definition) is 4. The van der Waals surface area contributed by atoms with E-state index in [-0.39, 0.29) is 0 Å². The van der Waals surface area contributed by atoms with Gasteiger partial charge in [-0.2, -0.15) is 0 Å².